The Hall–Kier alpha value is -2.93. The summed E-state index contributed by atoms with van der Waals surface area (Å²) in [5.41, 5.74) is 2.67. The molecule has 7 heteroatoms. The normalized spacial score (nSPS) is 11.2. The van der Waals surface area contributed by atoms with Crippen molar-refractivity contribution < 1.29 is 8.42 Å². The van der Waals surface area contributed by atoms with Crippen LogP contribution in [0.3, 0.4) is 0 Å². The first-order valence-electron chi connectivity index (χ1n) is 8.16. The van der Waals surface area contributed by atoms with Crippen LogP contribution in [0.2, 0.25) is 0 Å². The lowest BCUT2D eigenvalue weighted by molar-refractivity contribution is 0.600. The highest BCUT2D eigenvalue weighted by Crippen LogP contribution is 2.20. The van der Waals surface area contributed by atoms with Gasteiger partial charge >= 0.3 is 0 Å². The van der Waals surface area contributed by atoms with Crippen LogP contribution in [0.1, 0.15) is 16.7 Å². The minimum atomic E-state index is -3.71. The molecular formula is C19H20N4O2S. The Labute approximate surface area is 153 Å². The molecular weight excluding hydrogens is 348 g/mol. The van der Waals surface area contributed by atoms with Crippen molar-refractivity contribution in [1.29, 1.82) is 0 Å². The second kappa shape index (κ2) is 7.53. The molecule has 0 unspecified atom stereocenters. The van der Waals surface area contributed by atoms with Crippen LogP contribution in [-0.4, -0.2) is 18.6 Å². The van der Waals surface area contributed by atoms with Crippen molar-refractivity contribution in [2.45, 2.75) is 25.3 Å². The van der Waals surface area contributed by atoms with Crippen molar-refractivity contribution in [1.82, 2.24) is 10.2 Å². The van der Waals surface area contributed by atoms with Gasteiger partial charge in [0.1, 0.15) is 5.82 Å². The summed E-state index contributed by atoms with van der Waals surface area (Å²) in [6.45, 7) is 4.23. The van der Waals surface area contributed by atoms with Gasteiger partial charge < -0.3 is 5.32 Å². The van der Waals surface area contributed by atoms with Gasteiger partial charge in [-0.2, -0.15) is 0 Å². The maximum absolute atomic E-state index is 12.6. The van der Waals surface area contributed by atoms with Crippen LogP contribution in [0, 0.1) is 13.8 Å². The molecule has 0 fully saturated rings. The molecule has 0 aliphatic heterocycles. The van der Waals surface area contributed by atoms with E-state index in [4.69, 9.17) is 0 Å². The summed E-state index contributed by atoms with van der Waals surface area (Å²) in [5, 5.41) is 11.1. The molecule has 26 heavy (non-hydrogen) atoms. The number of hydrogen-bond donors (Lipinski definition) is 2. The van der Waals surface area contributed by atoms with Gasteiger partial charge in [-0.05, 0) is 48.7 Å². The fourth-order valence-electron chi connectivity index (χ4n) is 2.46. The molecule has 0 saturated heterocycles. The van der Waals surface area contributed by atoms with Crippen molar-refractivity contribution >= 4 is 21.7 Å². The lowest BCUT2D eigenvalue weighted by atomic mass is 10.2. The monoisotopic (exact) mass is 368 g/mol. The molecule has 3 rings (SSSR count). The van der Waals surface area contributed by atoms with Crippen molar-refractivity contribution in [3.05, 3.63) is 77.4 Å². The predicted molar refractivity (Wildman–Crippen MR) is 103 cm³/mol. The Morgan fingerprint density at radius 2 is 1.58 bits per heavy atom. The Bertz CT molecular complexity index is 988. The van der Waals surface area contributed by atoms with Crippen LogP contribution in [-0.2, 0) is 16.6 Å². The van der Waals surface area contributed by atoms with Gasteiger partial charge in [0.25, 0.3) is 10.0 Å². The van der Waals surface area contributed by atoms with Crippen molar-refractivity contribution in [2.75, 3.05) is 10.0 Å². The quantitative estimate of drug-likeness (QED) is 0.696. The molecule has 0 spiro atoms. The first kappa shape index (κ1) is 17.9. The zero-order valence-corrected chi connectivity index (χ0v) is 15.4. The highest BCUT2D eigenvalue weighted by molar-refractivity contribution is 7.92. The third-order valence-electron chi connectivity index (χ3n) is 3.85. The van der Waals surface area contributed by atoms with Gasteiger partial charge in [-0.3, -0.25) is 4.72 Å². The molecule has 0 aliphatic carbocycles. The Kier molecular flexibility index (Phi) is 5.18. The molecule has 0 aliphatic rings. The third kappa shape index (κ3) is 4.37. The highest BCUT2D eigenvalue weighted by atomic mass is 32.2. The highest BCUT2D eigenvalue weighted by Gasteiger charge is 2.17. The summed E-state index contributed by atoms with van der Waals surface area (Å²) >= 11 is 0. The van der Waals surface area contributed by atoms with Crippen LogP contribution < -0.4 is 10.0 Å². The van der Waals surface area contributed by atoms with E-state index in [1.54, 1.807) is 31.2 Å². The number of aryl methyl sites for hydroxylation is 2. The first-order chi connectivity index (χ1) is 12.4. The van der Waals surface area contributed by atoms with E-state index in [2.05, 4.69) is 20.2 Å². The number of hydrogen-bond acceptors (Lipinski definition) is 5. The Balaban J connectivity index is 1.69. The Morgan fingerprint density at radius 3 is 2.27 bits per heavy atom. The van der Waals surface area contributed by atoms with Crippen LogP contribution in [0.4, 0.5) is 11.6 Å². The molecule has 6 nitrogen and oxygen atoms in total. The van der Waals surface area contributed by atoms with Crippen molar-refractivity contribution in [2.24, 2.45) is 0 Å². The van der Waals surface area contributed by atoms with Gasteiger partial charge in [-0.25, -0.2) is 8.42 Å². The summed E-state index contributed by atoms with van der Waals surface area (Å²) in [6, 6.07) is 18.5. The van der Waals surface area contributed by atoms with Gasteiger partial charge in [0.15, 0.2) is 5.82 Å². The number of nitrogens with zero attached hydrogens (tertiary/aromatic N) is 2. The summed E-state index contributed by atoms with van der Waals surface area (Å²) in [6.07, 6.45) is 0. The number of aromatic nitrogens is 2. The predicted octanol–water partition coefficient (Wildman–Crippen LogP) is 3.51. The van der Waals surface area contributed by atoms with Crippen molar-refractivity contribution in [3.63, 3.8) is 0 Å². The maximum Gasteiger partial charge on any atom is 0.263 e. The van der Waals surface area contributed by atoms with E-state index in [-0.39, 0.29) is 10.7 Å². The van der Waals surface area contributed by atoms with Crippen LogP contribution in [0.5, 0.6) is 0 Å². The summed E-state index contributed by atoms with van der Waals surface area (Å²) in [4.78, 5) is 0.241. The second-order valence-electron chi connectivity index (χ2n) is 6.02. The van der Waals surface area contributed by atoms with Gasteiger partial charge in [-0.1, -0.05) is 42.5 Å². The fraction of sp³-hybridized carbons (Fsp3) is 0.158. The standard InChI is InChI=1S/C19H20N4O2S/c1-14-8-9-15(2)17(12-14)26(24,25)23-19-11-10-18(21-22-19)20-13-16-6-4-3-5-7-16/h3-12H,13H2,1-2H3,(H,20,21)(H,22,23). The van der Waals surface area contributed by atoms with Gasteiger partial charge in [0.05, 0.1) is 4.90 Å². The van der Waals surface area contributed by atoms with E-state index < -0.39 is 10.0 Å². The van der Waals surface area contributed by atoms with Gasteiger partial charge in [0.2, 0.25) is 0 Å². The number of benzene rings is 2. The number of sulfonamides is 1. The lowest BCUT2D eigenvalue weighted by Gasteiger charge is -2.11. The average Bonchev–Trinajstić information content (AvgIpc) is 2.64. The molecule has 0 amide bonds. The molecule has 2 N–H and O–H groups in total. The van der Waals surface area contributed by atoms with E-state index in [1.807, 2.05) is 43.3 Å². The molecule has 3 aromatic rings. The molecule has 0 bridgehead atoms. The summed E-state index contributed by atoms with van der Waals surface area (Å²) in [7, 11) is -3.71. The zero-order valence-electron chi connectivity index (χ0n) is 14.6. The molecule has 1 heterocycles. The number of rotatable bonds is 6. The topological polar surface area (TPSA) is 84.0 Å². The minimum Gasteiger partial charge on any atom is -0.365 e. The van der Waals surface area contributed by atoms with E-state index in [9.17, 15) is 8.42 Å². The summed E-state index contributed by atoms with van der Waals surface area (Å²) < 4.78 is 27.6. The number of anilines is 2. The smallest absolute Gasteiger partial charge is 0.263 e. The van der Waals surface area contributed by atoms with Crippen LogP contribution in [0.25, 0.3) is 0 Å². The largest absolute Gasteiger partial charge is 0.365 e. The third-order valence-corrected chi connectivity index (χ3v) is 5.35. The minimum absolute atomic E-state index is 0.177. The van der Waals surface area contributed by atoms with Crippen molar-refractivity contribution in [3.8, 4) is 0 Å². The van der Waals surface area contributed by atoms with E-state index >= 15 is 0 Å². The number of nitrogens with one attached hydrogen (secondary N) is 2. The molecule has 0 radical (unpaired) electrons. The Morgan fingerprint density at radius 1 is 0.885 bits per heavy atom. The summed E-state index contributed by atoms with van der Waals surface area (Å²) in [5.74, 6) is 0.750. The lowest BCUT2D eigenvalue weighted by Crippen LogP contribution is -2.16. The van der Waals surface area contributed by atoms with Crippen LogP contribution in [0.15, 0.2) is 65.6 Å². The molecule has 134 valence electrons. The fourth-order valence-corrected chi connectivity index (χ4v) is 3.79. The SMILES string of the molecule is Cc1ccc(C)c(S(=O)(=O)Nc2ccc(NCc3ccccc3)nn2)c1. The zero-order chi connectivity index (χ0) is 18.6. The molecule has 0 saturated carbocycles. The first-order valence-corrected chi connectivity index (χ1v) is 9.64. The molecule has 0 atom stereocenters. The molecule has 2 aromatic carbocycles. The average molecular weight is 368 g/mol. The van der Waals surface area contributed by atoms with Gasteiger partial charge in [0, 0.05) is 6.54 Å². The van der Waals surface area contributed by atoms with E-state index in [0.717, 1.165) is 11.1 Å². The van der Waals surface area contributed by atoms with Gasteiger partial charge in [-0.15, -0.1) is 10.2 Å². The van der Waals surface area contributed by atoms with E-state index in [0.29, 0.717) is 17.9 Å². The van der Waals surface area contributed by atoms with Crippen LogP contribution >= 0.6 is 0 Å². The van der Waals surface area contributed by atoms with E-state index in [1.165, 1.54) is 0 Å². The molecule has 1 aromatic heterocycles. The maximum atomic E-state index is 12.6. The second-order valence-corrected chi connectivity index (χ2v) is 7.67.